The van der Waals surface area contributed by atoms with Crippen LogP contribution in [0.5, 0.6) is 0 Å². The van der Waals surface area contributed by atoms with Crippen LogP contribution in [0.25, 0.3) is 21.5 Å². The molecule has 0 saturated carbocycles. The molecule has 0 bridgehead atoms. The zero-order valence-corrected chi connectivity index (χ0v) is 16.8. The number of hydrogen-bond donors (Lipinski definition) is 2. The lowest BCUT2D eigenvalue weighted by molar-refractivity contribution is 0.837. The smallest absolute Gasteiger partial charge is 0.259 e. The number of aromatic amines is 1. The molecule has 3 aromatic heterocycles. The maximum atomic E-state index is 12.5. The number of rotatable bonds is 4. The van der Waals surface area contributed by atoms with Gasteiger partial charge in [0.15, 0.2) is 5.16 Å². The summed E-state index contributed by atoms with van der Waals surface area (Å²) in [5.41, 5.74) is 2.73. The minimum atomic E-state index is -0.0989. The lowest BCUT2D eigenvalue weighted by Crippen LogP contribution is -2.13. The third-order valence-electron chi connectivity index (χ3n) is 4.49. The second kappa shape index (κ2) is 6.86. The largest absolute Gasteiger partial charge is 0.337 e. The van der Waals surface area contributed by atoms with Crippen LogP contribution >= 0.6 is 23.1 Å². The number of thioether (sulfide) groups is 1. The Bertz CT molecular complexity index is 1180. The van der Waals surface area contributed by atoms with E-state index in [0.717, 1.165) is 26.5 Å². The van der Waals surface area contributed by atoms with Gasteiger partial charge in [-0.05, 0) is 26.3 Å². The van der Waals surface area contributed by atoms with Crippen LogP contribution in [0.3, 0.4) is 0 Å². The number of aryl methyl sites for hydroxylation is 2. The molecule has 0 amide bonds. The first-order chi connectivity index (χ1) is 12.9. The topological polar surface area (TPSA) is 89.6 Å². The average Bonchev–Trinajstić information content (AvgIpc) is 3.16. The van der Waals surface area contributed by atoms with Crippen molar-refractivity contribution in [2.24, 2.45) is 0 Å². The van der Waals surface area contributed by atoms with Crippen LogP contribution in [-0.4, -0.2) is 19.6 Å². The predicted molar refractivity (Wildman–Crippen MR) is 112 cm³/mol. The molecule has 8 heteroatoms. The Morgan fingerprint density at radius 3 is 2.70 bits per heavy atom. The van der Waals surface area contributed by atoms with Crippen LogP contribution in [0.2, 0.25) is 0 Å². The lowest BCUT2D eigenvalue weighted by atomic mass is 10.2. The molecule has 1 unspecified atom stereocenters. The number of imidazole rings is 1. The van der Waals surface area contributed by atoms with Crippen LogP contribution in [0.15, 0.2) is 46.5 Å². The Labute approximate surface area is 164 Å². The van der Waals surface area contributed by atoms with E-state index in [2.05, 4.69) is 15.0 Å². The summed E-state index contributed by atoms with van der Waals surface area (Å²) in [4.78, 5) is 26.6. The van der Waals surface area contributed by atoms with E-state index in [9.17, 15) is 4.79 Å². The van der Waals surface area contributed by atoms with Crippen LogP contribution in [0.4, 0.5) is 0 Å². The highest BCUT2D eigenvalue weighted by Gasteiger charge is 2.18. The Kier molecular flexibility index (Phi) is 4.53. The van der Waals surface area contributed by atoms with Crippen molar-refractivity contribution >= 4 is 33.3 Å². The van der Waals surface area contributed by atoms with Gasteiger partial charge >= 0.3 is 0 Å². The molecule has 1 aromatic carbocycles. The minimum Gasteiger partial charge on any atom is -0.337 e. The Morgan fingerprint density at radius 1 is 1.22 bits per heavy atom. The van der Waals surface area contributed by atoms with Gasteiger partial charge in [0, 0.05) is 10.4 Å². The molecule has 3 N–H and O–H groups in total. The fourth-order valence-electron chi connectivity index (χ4n) is 2.89. The van der Waals surface area contributed by atoms with E-state index in [0.29, 0.717) is 16.4 Å². The van der Waals surface area contributed by atoms with Crippen molar-refractivity contribution in [3.63, 3.8) is 0 Å². The van der Waals surface area contributed by atoms with Crippen molar-refractivity contribution in [1.29, 1.82) is 0 Å². The van der Waals surface area contributed by atoms with E-state index in [1.54, 1.807) is 17.5 Å². The average molecular weight is 398 g/mol. The van der Waals surface area contributed by atoms with E-state index in [1.165, 1.54) is 16.4 Å². The number of nitrogen functional groups attached to an aromatic ring is 1. The molecular formula is C19H19N5OS2. The zero-order valence-electron chi connectivity index (χ0n) is 15.2. The second-order valence-corrected chi connectivity index (χ2v) is 8.87. The van der Waals surface area contributed by atoms with E-state index in [1.807, 2.05) is 51.1 Å². The van der Waals surface area contributed by atoms with Crippen LogP contribution in [0, 0.1) is 13.8 Å². The van der Waals surface area contributed by atoms with E-state index >= 15 is 0 Å². The fourth-order valence-corrected chi connectivity index (χ4v) is 4.79. The van der Waals surface area contributed by atoms with Gasteiger partial charge in [0.1, 0.15) is 10.7 Å². The predicted octanol–water partition coefficient (Wildman–Crippen LogP) is 4.03. The number of nitrogens with one attached hydrogen (secondary N) is 1. The summed E-state index contributed by atoms with van der Waals surface area (Å²) in [6, 6.07) is 9.89. The summed E-state index contributed by atoms with van der Waals surface area (Å²) in [6.45, 7) is 5.95. The van der Waals surface area contributed by atoms with Gasteiger partial charge in [-0.2, -0.15) is 0 Å². The molecule has 0 saturated heterocycles. The summed E-state index contributed by atoms with van der Waals surface area (Å²) >= 11 is 3.02. The molecule has 0 spiro atoms. The zero-order chi connectivity index (χ0) is 19.1. The summed E-state index contributed by atoms with van der Waals surface area (Å²) in [7, 11) is 0. The van der Waals surface area contributed by atoms with Crippen molar-refractivity contribution in [1.82, 2.24) is 19.6 Å². The Morgan fingerprint density at radius 2 is 1.96 bits per heavy atom. The minimum absolute atomic E-state index is 0.0923. The molecule has 1 atom stereocenters. The van der Waals surface area contributed by atoms with E-state index in [-0.39, 0.29) is 10.8 Å². The van der Waals surface area contributed by atoms with Gasteiger partial charge in [0.25, 0.3) is 5.56 Å². The monoisotopic (exact) mass is 397 g/mol. The number of hydrogen-bond acceptors (Lipinski definition) is 6. The van der Waals surface area contributed by atoms with Crippen molar-refractivity contribution in [3.05, 3.63) is 63.1 Å². The van der Waals surface area contributed by atoms with E-state index in [4.69, 9.17) is 5.84 Å². The summed E-state index contributed by atoms with van der Waals surface area (Å²) in [5, 5.41) is 1.26. The quantitative estimate of drug-likeness (QED) is 0.401. The summed E-state index contributed by atoms with van der Waals surface area (Å²) < 4.78 is 1.51. The molecule has 4 rings (SSSR count). The van der Waals surface area contributed by atoms with Gasteiger partial charge in [0.2, 0.25) is 0 Å². The number of thiophene rings is 1. The molecular weight excluding hydrogens is 378 g/mol. The molecule has 27 heavy (non-hydrogen) atoms. The third-order valence-corrected chi connectivity index (χ3v) is 6.68. The molecule has 0 aliphatic carbocycles. The number of nitrogens with zero attached hydrogens (tertiary/aromatic N) is 3. The van der Waals surface area contributed by atoms with Gasteiger partial charge in [-0.15, -0.1) is 11.3 Å². The number of H-pyrrole nitrogens is 1. The van der Waals surface area contributed by atoms with Crippen LogP contribution in [-0.2, 0) is 0 Å². The van der Waals surface area contributed by atoms with Crippen LogP contribution < -0.4 is 11.4 Å². The first kappa shape index (κ1) is 17.8. The molecule has 0 radical (unpaired) electrons. The molecule has 0 aliphatic rings. The maximum absolute atomic E-state index is 12.5. The highest BCUT2D eigenvalue weighted by atomic mass is 32.2. The molecule has 138 valence electrons. The summed E-state index contributed by atoms with van der Waals surface area (Å²) in [6.07, 6.45) is 1.80. The molecule has 0 aliphatic heterocycles. The maximum Gasteiger partial charge on any atom is 0.259 e. The Hall–Kier alpha value is -2.58. The van der Waals surface area contributed by atoms with Crippen molar-refractivity contribution in [2.75, 3.05) is 5.84 Å². The number of nitrogens with two attached hydrogens (primary N) is 1. The van der Waals surface area contributed by atoms with Crippen molar-refractivity contribution in [3.8, 4) is 11.3 Å². The van der Waals surface area contributed by atoms with E-state index < -0.39 is 0 Å². The molecule has 3 heterocycles. The highest BCUT2D eigenvalue weighted by Crippen LogP contribution is 2.34. The van der Waals surface area contributed by atoms with Gasteiger partial charge in [-0.25, -0.2) is 14.6 Å². The molecule has 4 aromatic rings. The van der Waals surface area contributed by atoms with Crippen molar-refractivity contribution in [2.45, 2.75) is 31.2 Å². The van der Waals surface area contributed by atoms with Gasteiger partial charge < -0.3 is 10.8 Å². The first-order valence-corrected chi connectivity index (χ1v) is 10.2. The SMILES string of the molecule is Cc1sc2nc(C(C)Sc3nc(-c4ccccc4)cn3N)[nH]c(=O)c2c1C. The third kappa shape index (κ3) is 3.26. The number of fused-ring (bicyclic) bond motifs is 1. The standard InChI is InChI=1S/C19H19N5OS2/c1-10-11(2)26-18-15(10)17(25)22-16(23-18)12(3)27-19-21-14(9-24(19)20)13-7-5-4-6-8-13/h4-9,12H,20H2,1-3H3,(H,22,23,25). The van der Waals surface area contributed by atoms with Gasteiger partial charge in [-0.1, -0.05) is 42.1 Å². The first-order valence-electron chi connectivity index (χ1n) is 8.50. The number of benzene rings is 1. The van der Waals surface area contributed by atoms with Crippen molar-refractivity contribution < 1.29 is 0 Å². The van der Waals surface area contributed by atoms with Crippen LogP contribution in [0.1, 0.15) is 28.4 Å². The normalized spacial score (nSPS) is 12.6. The summed E-state index contributed by atoms with van der Waals surface area (Å²) in [5.74, 6) is 6.72. The second-order valence-electron chi connectivity index (χ2n) is 6.36. The van der Waals surface area contributed by atoms with Gasteiger partial charge in [0.05, 0.1) is 22.5 Å². The molecule has 0 fully saturated rings. The lowest BCUT2D eigenvalue weighted by Gasteiger charge is -2.09. The fraction of sp³-hybridized carbons (Fsp3) is 0.211. The van der Waals surface area contributed by atoms with Gasteiger partial charge in [-0.3, -0.25) is 4.79 Å². The number of aromatic nitrogens is 4. The Balaban J connectivity index is 1.65. The highest BCUT2D eigenvalue weighted by molar-refractivity contribution is 7.99. The molecule has 6 nitrogen and oxygen atoms in total.